The van der Waals surface area contributed by atoms with Gasteiger partial charge < -0.3 is 4.90 Å². The number of piperazine rings is 1. The molecule has 1 aliphatic rings. The van der Waals surface area contributed by atoms with E-state index in [1.54, 1.807) is 17.0 Å². The highest BCUT2D eigenvalue weighted by atomic mass is 32.1. The molecule has 3 aromatic rings. The van der Waals surface area contributed by atoms with Gasteiger partial charge in [0.2, 0.25) is 5.95 Å². The number of aromatic nitrogens is 3. The van der Waals surface area contributed by atoms with Crippen LogP contribution < -0.4 is 4.90 Å². The van der Waals surface area contributed by atoms with E-state index in [2.05, 4.69) is 19.9 Å². The molecule has 1 aromatic carbocycles. The number of benzene rings is 1. The van der Waals surface area contributed by atoms with Crippen LogP contribution in [0.15, 0.2) is 41.9 Å². The van der Waals surface area contributed by atoms with E-state index in [0.29, 0.717) is 32.7 Å². The minimum absolute atomic E-state index is 0.103. The standard InChI is InChI=1S/C19H17F4N5S/c20-14-3-1-13(2-4-14)17-25-15(12-29-17)11-27-7-9-28(10-8-27)18-24-6-5-16(26-18)19(21,22)23/h1-6,12H,7-11H2. The number of thiazole rings is 1. The van der Waals surface area contributed by atoms with Gasteiger partial charge in [-0.1, -0.05) is 0 Å². The van der Waals surface area contributed by atoms with E-state index in [0.717, 1.165) is 28.5 Å². The predicted octanol–water partition coefficient (Wildman–Crippen LogP) is 4.08. The molecule has 0 aliphatic carbocycles. The molecule has 0 atom stereocenters. The van der Waals surface area contributed by atoms with Crippen LogP contribution in [0.25, 0.3) is 10.6 Å². The van der Waals surface area contributed by atoms with E-state index in [1.807, 2.05) is 5.38 Å². The molecule has 0 spiro atoms. The maximum atomic E-state index is 13.1. The van der Waals surface area contributed by atoms with E-state index in [-0.39, 0.29) is 11.8 Å². The van der Waals surface area contributed by atoms with Gasteiger partial charge in [-0.15, -0.1) is 11.3 Å². The molecule has 0 amide bonds. The molecule has 10 heteroatoms. The number of hydrogen-bond donors (Lipinski definition) is 0. The van der Waals surface area contributed by atoms with Gasteiger partial charge >= 0.3 is 6.18 Å². The van der Waals surface area contributed by atoms with Crippen molar-refractivity contribution in [2.24, 2.45) is 0 Å². The van der Waals surface area contributed by atoms with Gasteiger partial charge in [0.1, 0.15) is 16.5 Å². The van der Waals surface area contributed by atoms with Gasteiger partial charge in [-0.3, -0.25) is 4.90 Å². The summed E-state index contributed by atoms with van der Waals surface area (Å²) in [6.45, 7) is 3.06. The van der Waals surface area contributed by atoms with Crippen molar-refractivity contribution in [1.82, 2.24) is 19.9 Å². The average Bonchev–Trinajstić information content (AvgIpc) is 3.17. The topological polar surface area (TPSA) is 45.2 Å². The number of rotatable bonds is 4. The van der Waals surface area contributed by atoms with E-state index in [1.165, 1.54) is 23.5 Å². The Balaban J connectivity index is 1.35. The summed E-state index contributed by atoms with van der Waals surface area (Å²) in [6, 6.07) is 7.09. The molecule has 0 unspecified atom stereocenters. The minimum atomic E-state index is -4.48. The maximum absolute atomic E-state index is 13.1. The Morgan fingerprint density at radius 3 is 2.38 bits per heavy atom. The van der Waals surface area contributed by atoms with Crippen molar-refractivity contribution >= 4 is 17.3 Å². The van der Waals surface area contributed by atoms with E-state index in [9.17, 15) is 17.6 Å². The summed E-state index contributed by atoms with van der Waals surface area (Å²) >= 11 is 1.50. The quantitative estimate of drug-likeness (QED) is 0.592. The van der Waals surface area contributed by atoms with Gasteiger partial charge in [0.05, 0.1) is 5.69 Å². The van der Waals surface area contributed by atoms with Crippen molar-refractivity contribution in [2.75, 3.05) is 31.1 Å². The molecule has 0 saturated carbocycles. The monoisotopic (exact) mass is 423 g/mol. The molecular formula is C19H17F4N5S. The first-order chi connectivity index (χ1) is 13.9. The molecule has 1 fully saturated rings. The van der Waals surface area contributed by atoms with Crippen molar-refractivity contribution < 1.29 is 17.6 Å². The second-order valence-corrected chi connectivity index (χ2v) is 7.51. The molecular weight excluding hydrogens is 406 g/mol. The van der Waals surface area contributed by atoms with Crippen LogP contribution in [-0.4, -0.2) is 46.0 Å². The smallest absolute Gasteiger partial charge is 0.338 e. The molecule has 1 saturated heterocycles. The third-order valence-corrected chi connectivity index (χ3v) is 5.56. The lowest BCUT2D eigenvalue weighted by molar-refractivity contribution is -0.141. The van der Waals surface area contributed by atoms with Crippen LogP contribution in [0.1, 0.15) is 11.4 Å². The molecule has 3 heterocycles. The average molecular weight is 423 g/mol. The van der Waals surface area contributed by atoms with Crippen molar-refractivity contribution in [3.05, 3.63) is 59.1 Å². The SMILES string of the molecule is Fc1ccc(-c2nc(CN3CCN(c4nccc(C(F)(F)F)n4)CC3)cs2)cc1. The fraction of sp³-hybridized carbons (Fsp3) is 0.316. The molecule has 2 aromatic heterocycles. The fourth-order valence-electron chi connectivity index (χ4n) is 3.10. The molecule has 0 N–H and O–H groups in total. The van der Waals surface area contributed by atoms with Crippen molar-refractivity contribution in [2.45, 2.75) is 12.7 Å². The zero-order valence-corrected chi connectivity index (χ0v) is 16.0. The first-order valence-electron chi connectivity index (χ1n) is 8.96. The normalized spacial score (nSPS) is 15.7. The number of anilines is 1. The Morgan fingerprint density at radius 1 is 0.966 bits per heavy atom. The maximum Gasteiger partial charge on any atom is 0.433 e. The summed E-state index contributed by atoms with van der Waals surface area (Å²) in [6.07, 6.45) is -3.34. The molecule has 0 radical (unpaired) electrons. The number of halogens is 4. The van der Waals surface area contributed by atoms with Gasteiger partial charge in [-0.25, -0.2) is 19.3 Å². The van der Waals surface area contributed by atoms with E-state index < -0.39 is 11.9 Å². The second kappa shape index (κ2) is 8.03. The number of nitrogens with zero attached hydrogens (tertiary/aromatic N) is 5. The van der Waals surface area contributed by atoms with Gasteiger partial charge in [0.15, 0.2) is 0 Å². The summed E-state index contributed by atoms with van der Waals surface area (Å²) < 4.78 is 51.6. The Morgan fingerprint density at radius 2 is 1.69 bits per heavy atom. The molecule has 152 valence electrons. The minimum Gasteiger partial charge on any atom is -0.338 e. The van der Waals surface area contributed by atoms with Gasteiger partial charge in [-0.05, 0) is 30.3 Å². The highest BCUT2D eigenvalue weighted by Crippen LogP contribution is 2.28. The first kappa shape index (κ1) is 19.7. The van der Waals surface area contributed by atoms with Crippen LogP contribution in [0.2, 0.25) is 0 Å². The van der Waals surface area contributed by atoms with E-state index >= 15 is 0 Å². The van der Waals surface area contributed by atoms with Gasteiger partial charge in [0.25, 0.3) is 0 Å². The summed E-state index contributed by atoms with van der Waals surface area (Å²) in [4.78, 5) is 16.2. The van der Waals surface area contributed by atoms with Gasteiger partial charge in [0, 0.05) is 49.9 Å². The van der Waals surface area contributed by atoms with Crippen LogP contribution in [-0.2, 0) is 12.7 Å². The van der Waals surface area contributed by atoms with Crippen LogP contribution in [0.3, 0.4) is 0 Å². The summed E-state index contributed by atoms with van der Waals surface area (Å²) in [7, 11) is 0. The Kier molecular flexibility index (Phi) is 5.46. The highest BCUT2D eigenvalue weighted by Gasteiger charge is 2.33. The summed E-state index contributed by atoms with van der Waals surface area (Å²) in [5, 5.41) is 2.80. The summed E-state index contributed by atoms with van der Waals surface area (Å²) in [5.41, 5.74) is 0.855. The van der Waals surface area contributed by atoms with Crippen LogP contribution >= 0.6 is 11.3 Å². The highest BCUT2D eigenvalue weighted by molar-refractivity contribution is 7.13. The van der Waals surface area contributed by atoms with Crippen molar-refractivity contribution in [3.63, 3.8) is 0 Å². The van der Waals surface area contributed by atoms with Crippen LogP contribution in [0.5, 0.6) is 0 Å². The first-order valence-corrected chi connectivity index (χ1v) is 9.84. The third kappa shape index (κ3) is 4.70. The zero-order chi connectivity index (χ0) is 20.4. The predicted molar refractivity (Wildman–Crippen MR) is 102 cm³/mol. The van der Waals surface area contributed by atoms with Gasteiger partial charge in [-0.2, -0.15) is 13.2 Å². The Bertz CT molecular complexity index is 965. The van der Waals surface area contributed by atoms with Crippen LogP contribution in [0.4, 0.5) is 23.5 Å². The lowest BCUT2D eigenvalue weighted by Crippen LogP contribution is -2.46. The number of hydrogen-bond acceptors (Lipinski definition) is 6. The van der Waals surface area contributed by atoms with E-state index in [4.69, 9.17) is 0 Å². The largest absolute Gasteiger partial charge is 0.433 e. The Hall–Kier alpha value is -2.59. The lowest BCUT2D eigenvalue weighted by atomic mass is 10.2. The fourth-order valence-corrected chi connectivity index (χ4v) is 3.92. The lowest BCUT2D eigenvalue weighted by Gasteiger charge is -2.34. The molecule has 4 rings (SSSR count). The summed E-state index contributed by atoms with van der Waals surface area (Å²) in [5.74, 6) is -0.181. The molecule has 5 nitrogen and oxygen atoms in total. The van der Waals surface area contributed by atoms with Crippen LogP contribution in [0, 0.1) is 5.82 Å². The second-order valence-electron chi connectivity index (χ2n) is 6.65. The molecule has 29 heavy (non-hydrogen) atoms. The number of alkyl halides is 3. The van der Waals surface area contributed by atoms with Crippen molar-refractivity contribution in [1.29, 1.82) is 0 Å². The molecule has 0 bridgehead atoms. The molecule has 1 aliphatic heterocycles. The Labute approximate surface area is 168 Å². The van der Waals surface area contributed by atoms with Crippen molar-refractivity contribution in [3.8, 4) is 10.6 Å². The zero-order valence-electron chi connectivity index (χ0n) is 15.2. The third-order valence-electron chi connectivity index (χ3n) is 4.62.